The van der Waals surface area contributed by atoms with Crippen LogP contribution in [0.25, 0.3) is 0 Å². The van der Waals surface area contributed by atoms with Gasteiger partial charge in [0, 0.05) is 23.9 Å². The van der Waals surface area contributed by atoms with E-state index in [0.29, 0.717) is 6.04 Å². The molecule has 1 saturated carbocycles. The lowest BCUT2D eigenvalue weighted by atomic mass is 10.0. The van der Waals surface area contributed by atoms with Crippen molar-refractivity contribution in [3.8, 4) is 0 Å². The van der Waals surface area contributed by atoms with Crippen LogP contribution in [0.3, 0.4) is 0 Å². The molecule has 0 spiro atoms. The summed E-state index contributed by atoms with van der Waals surface area (Å²) < 4.78 is 6.33. The molecule has 0 aromatic heterocycles. The minimum absolute atomic E-state index is 0.104. The molecule has 2 aliphatic rings. The molecule has 1 aliphatic carbocycles. The van der Waals surface area contributed by atoms with Gasteiger partial charge in [0.15, 0.2) is 5.17 Å². The topological polar surface area (TPSA) is 68.0 Å². The van der Waals surface area contributed by atoms with Gasteiger partial charge in [-0.05, 0) is 58.1 Å². The standard InChI is InChI=1S/C23H35N3O3S/c1-15(2)19-13-18(26(27)28)11-12-20(19)24-22-25(17-9-7-8-10-17)21(14-30-22)16(3)29-23(4,5)6/h11-13,15-17,21H,7-10,14H2,1-6H3/t16-,21-/m1/s1. The molecule has 0 radical (unpaired) electrons. The zero-order valence-corrected chi connectivity index (χ0v) is 19.9. The Morgan fingerprint density at radius 2 is 1.90 bits per heavy atom. The minimum Gasteiger partial charge on any atom is -0.371 e. The van der Waals surface area contributed by atoms with Crippen molar-refractivity contribution in [1.82, 2.24) is 4.90 Å². The molecule has 7 heteroatoms. The normalized spacial score (nSPS) is 23.0. The van der Waals surface area contributed by atoms with Gasteiger partial charge < -0.3 is 9.64 Å². The molecule has 0 amide bonds. The van der Waals surface area contributed by atoms with Crippen LogP contribution in [0.15, 0.2) is 23.2 Å². The van der Waals surface area contributed by atoms with E-state index in [-0.39, 0.29) is 34.3 Å². The quantitative estimate of drug-likeness (QED) is 0.391. The summed E-state index contributed by atoms with van der Waals surface area (Å²) in [7, 11) is 0. The average molecular weight is 434 g/mol. The van der Waals surface area contributed by atoms with Crippen LogP contribution in [0.5, 0.6) is 0 Å². The van der Waals surface area contributed by atoms with E-state index in [0.717, 1.165) is 22.2 Å². The van der Waals surface area contributed by atoms with E-state index >= 15 is 0 Å². The maximum atomic E-state index is 11.2. The lowest BCUT2D eigenvalue weighted by Gasteiger charge is -2.37. The Morgan fingerprint density at radius 3 is 2.47 bits per heavy atom. The first kappa shape index (κ1) is 23.1. The number of rotatable bonds is 6. The molecule has 0 N–H and O–H groups in total. The van der Waals surface area contributed by atoms with E-state index in [2.05, 4.69) is 46.4 Å². The van der Waals surface area contributed by atoms with Crippen molar-refractivity contribution in [3.63, 3.8) is 0 Å². The second-order valence-electron chi connectivity index (χ2n) is 9.71. The van der Waals surface area contributed by atoms with Crippen molar-refractivity contribution < 1.29 is 9.66 Å². The Hall–Kier alpha value is -1.60. The highest BCUT2D eigenvalue weighted by atomic mass is 32.2. The van der Waals surface area contributed by atoms with E-state index in [4.69, 9.17) is 9.73 Å². The molecule has 2 atom stereocenters. The SMILES string of the molecule is CC(C)c1cc([N+](=O)[O-])ccc1N=C1SC[C@H]([C@@H](C)OC(C)(C)C)N1C1CCCC1. The van der Waals surface area contributed by atoms with Crippen molar-refractivity contribution in [3.05, 3.63) is 33.9 Å². The summed E-state index contributed by atoms with van der Waals surface area (Å²) in [6.07, 6.45) is 5.00. The smallest absolute Gasteiger partial charge is 0.269 e. The zero-order chi connectivity index (χ0) is 22.1. The second-order valence-corrected chi connectivity index (χ2v) is 10.7. The fourth-order valence-electron chi connectivity index (χ4n) is 4.48. The van der Waals surface area contributed by atoms with E-state index < -0.39 is 0 Å². The largest absolute Gasteiger partial charge is 0.371 e. The summed E-state index contributed by atoms with van der Waals surface area (Å²) in [5.41, 5.74) is 1.70. The maximum Gasteiger partial charge on any atom is 0.269 e. The highest BCUT2D eigenvalue weighted by Crippen LogP contribution is 2.39. The minimum atomic E-state index is -0.334. The van der Waals surface area contributed by atoms with Crippen LogP contribution in [0.2, 0.25) is 0 Å². The molecule has 1 aliphatic heterocycles. The van der Waals surface area contributed by atoms with Crippen LogP contribution >= 0.6 is 11.8 Å². The number of nitro groups is 1. The fourth-order valence-corrected chi connectivity index (χ4v) is 5.82. The Kier molecular flexibility index (Phi) is 7.13. The molecular weight excluding hydrogens is 398 g/mol. The first-order chi connectivity index (χ1) is 14.1. The fraction of sp³-hybridized carbons (Fsp3) is 0.696. The van der Waals surface area contributed by atoms with Crippen LogP contribution in [0.1, 0.15) is 78.7 Å². The van der Waals surface area contributed by atoms with Crippen LogP contribution in [-0.2, 0) is 4.74 Å². The summed E-state index contributed by atoms with van der Waals surface area (Å²) >= 11 is 1.79. The van der Waals surface area contributed by atoms with E-state index in [1.54, 1.807) is 30.0 Å². The van der Waals surface area contributed by atoms with Crippen LogP contribution < -0.4 is 0 Å². The molecule has 1 heterocycles. The average Bonchev–Trinajstić information content (AvgIpc) is 3.29. The summed E-state index contributed by atoms with van der Waals surface area (Å²) in [5, 5.41) is 12.3. The lowest BCUT2D eigenvalue weighted by Crippen LogP contribution is -2.48. The number of benzene rings is 1. The van der Waals surface area contributed by atoms with Crippen LogP contribution in [0.4, 0.5) is 11.4 Å². The number of amidine groups is 1. The number of non-ortho nitro benzene ring substituents is 1. The second kappa shape index (κ2) is 9.27. The van der Waals surface area contributed by atoms with Gasteiger partial charge in [0.05, 0.1) is 28.4 Å². The van der Waals surface area contributed by atoms with Crippen molar-refractivity contribution in [2.75, 3.05) is 5.75 Å². The molecule has 1 aromatic rings. The van der Waals surface area contributed by atoms with Gasteiger partial charge in [0.25, 0.3) is 5.69 Å². The summed E-state index contributed by atoms with van der Waals surface area (Å²) in [4.78, 5) is 18.5. The molecule has 6 nitrogen and oxygen atoms in total. The van der Waals surface area contributed by atoms with Crippen LogP contribution in [0, 0.1) is 10.1 Å². The van der Waals surface area contributed by atoms with Crippen molar-refractivity contribution in [2.45, 2.75) is 96.9 Å². The van der Waals surface area contributed by atoms with E-state index in [9.17, 15) is 10.1 Å². The lowest BCUT2D eigenvalue weighted by molar-refractivity contribution is -0.384. The number of aliphatic imine (C=N–C) groups is 1. The monoisotopic (exact) mass is 433 g/mol. The molecule has 2 fully saturated rings. The Bertz CT molecular complexity index is 797. The van der Waals surface area contributed by atoms with Gasteiger partial charge in [-0.1, -0.05) is 38.5 Å². The maximum absolute atomic E-state index is 11.2. The predicted octanol–water partition coefficient (Wildman–Crippen LogP) is 6.27. The first-order valence-electron chi connectivity index (χ1n) is 11.0. The third-order valence-electron chi connectivity index (χ3n) is 5.82. The van der Waals surface area contributed by atoms with Gasteiger partial charge in [0.1, 0.15) is 0 Å². The van der Waals surface area contributed by atoms with Gasteiger partial charge >= 0.3 is 0 Å². The molecule has 1 aromatic carbocycles. The number of nitrogens with zero attached hydrogens (tertiary/aromatic N) is 3. The highest BCUT2D eigenvalue weighted by molar-refractivity contribution is 8.14. The first-order valence-corrected chi connectivity index (χ1v) is 12.0. The Morgan fingerprint density at radius 1 is 1.23 bits per heavy atom. The number of hydrogen-bond acceptors (Lipinski definition) is 5. The Labute approximate surface area is 184 Å². The van der Waals surface area contributed by atoms with E-state index in [1.807, 2.05) is 0 Å². The van der Waals surface area contributed by atoms with Gasteiger partial charge in [-0.3, -0.25) is 10.1 Å². The number of thioether (sulfide) groups is 1. The van der Waals surface area contributed by atoms with Crippen molar-refractivity contribution in [1.29, 1.82) is 0 Å². The molecule has 0 bridgehead atoms. The number of nitro benzene ring substituents is 1. The number of ether oxygens (including phenoxy) is 1. The summed E-state index contributed by atoms with van der Waals surface area (Å²) in [5.74, 6) is 1.12. The summed E-state index contributed by atoms with van der Waals surface area (Å²) in [6, 6.07) is 5.82. The zero-order valence-electron chi connectivity index (χ0n) is 19.1. The van der Waals surface area contributed by atoms with Crippen molar-refractivity contribution >= 4 is 28.3 Å². The highest BCUT2D eigenvalue weighted by Gasteiger charge is 2.41. The Balaban J connectivity index is 1.95. The molecule has 30 heavy (non-hydrogen) atoms. The molecule has 166 valence electrons. The third kappa shape index (κ3) is 5.35. The van der Waals surface area contributed by atoms with Gasteiger partial charge in [-0.2, -0.15) is 0 Å². The van der Waals surface area contributed by atoms with Gasteiger partial charge in [0.2, 0.25) is 0 Å². The van der Waals surface area contributed by atoms with Gasteiger partial charge in [-0.15, -0.1) is 0 Å². The molecule has 1 saturated heterocycles. The number of hydrogen-bond donors (Lipinski definition) is 0. The van der Waals surface area contributed by atoms with E-state index in [1.165, 1.54) is 25.7 Å². The summed E-state index contributed by atoms with van der Waals surface area (Å²) in [6.45, 7) is 12.6. The predicted molar refractivity (Wildman–Crippen MR) is 125 cm³/mol. The van der Waals surface area contributed by atoms with Crippen LogP contribution in [-0.4, -0.2) is 44.5 Å². The van der Waals surface area contributed by atoms with Crippen molar-refractivity contribution in [2.24, 2.45) is 4.99 Å². The van der Waals surface area contributed by atoms with Gasteiger partial charge in [-0.25, -0.2) is 4.99 Å². The molecule has 3 rings (SSSR count). The third-order valence-corrected chi connectivity index (χ3v) is 6.89. The molecular formula is C23H35N3O3S. The molecule has 0 unspecified atom stereocenters.